The summed E-state index contributed by atoms with van der Waals surface area (Å²) in [6.45, 7) is 0.321. The van der Waals surface area contributed by atoms with Crippen molar-refractivity contribution in [2.45, 2.75) is 6.54 Å². The summed E-state index contributed by atoms with van der Waals surface area (Å²) in [6.07, 6.45) is 3.20. The van der Waals surface area contributed by atoms with Crippen molar-refractivity contribution in [2.24, 2.45) is 10.1 Å². The van der Waals surface area contributed by atoms with Gasteiger partial charge in [-0.1, -0.05) is 23.7 Å². The van der Waals surface area contributed by atoms with Crippen molar-refractivity contribution in [1.29, 1.82) is 0 Å². The average molecular weight is 336 g/mol. The van der Waals surface area contributed by atoms with E-state index in [1.165, 1.54) is 6.07 Å². The number of hydrogen-bond donors (Lipinski definition) is 1. The largest absolute Gasteiger partial charge is 0.476 e. The number of hydrogen-bond acceptors (Lipinski definition) is 6. The van der Waals surface area contributed by atoms with E-state index in [9.17, 15) is 14.9 Å². The summed E-state index contributed by atoms with van der Waals surface area (Å²) >= 11 is 5.71. The van der Waals surface area contributed by atoms with Crippen LogP contribution >= 0.6 is 11.6 Å². The molecule has 0 atom stereocenters. The predicted octanol–water partition coefficient (Wildman–Crippen LogP) is 1.08. The predicted molar refractivity (Wildman–Crippen MR) is 79.6 cm³/mol. The Morgan fingerprint density at radius 3 is 2.78 bits per heavy atom. The molecule has 0 saturated heterocycles. The zero-order valence-electron chi connectivity index (χ0n) is 11.5. The third-order valence-electron chi connectivity index (χ3n) is 2.73. The van der Waals surface area contributed by atoms with E-state index in [1.807, 2.05) is 0 Å². The van der Waals surface area contributed by atoms with E-state index >= 15 is 0 Å². The van der Waals surface area contributed by atoms with Gasteiger partial charge in [-0.15, -0.1) is 0 Å². The summed E-state index contributed by atoms with van der Waals surface area (Å²) < 4.78 is 1.58. The Balaban J connectivity index is 2.37. The van der Waals surface area contributed by atoms with Gasteiger partial charge in [0.05, 0.1) is 6.54 Å². The number of oxime groups is 1. The van der Waals surface area contributed by atoms with Crippen LogP contribution in [0.5, 0.6) is 0 Å². The maximum atomic E-state index is 11.7. The zero-order chi connectivity index (χ0) is 16.8. The first-order valence-corrected chi connectivity index (χ1v) is 6.60. The number of nitro groups is 1. The highest BCUT2D eigenvalue weighted by Gasteiger charge is 2.24. The van der Waals surface area contributed by atoms with Crippen molar-refractivity contribution in [2.75, 3.05) is 0 Å². The Labute approximate surface area is 134 Å². The molecule has 0 fully saturated rings. The van der Waals surface area contributed by atoms with Crippen LogP contribution in [0.2, 0.25) is 5.15 Å². The van der Waals surface area contributed by atoms with Gasteiger partial charge in [-0.05, 0) is 28.7 Å². The SMILES string of the molecule is O=C(N=c1ccccn1Cc1ccc(Cl)nc1)C(=NO)[N+](=O)[O-]. The molecule has 2 heterocycles. The quantitative estimate of drug-likeness (QED) is 0.220. The lowest BCUT2D eigenvalue weighted by molar-refractivity contribution is -0.350. The molecule has 2 rings (SSSR count). The van der Waals surface area contributed by atoms with Crippen molar-refractivity contribution in [1.82, 2.24) is 9.55 Å². The molecule has 10 heteroatoms. The van der Waals surface area contributed by atoms with Crippen LogP contribution in [0.15, 0.2) is 52.9 Å². The van der Waals surface area contributed by atoms with Crippen molar-refractivity contribution >= 4 is 23.3 Å². The van der Waals surface area contributed by atoms with Crippen molar-refractivity contribution in [3.63, 3.8) is 0 Å². The van der Waals surface area contributed by atoms with Gasteiger partial charge in [0.2, 0.25) is 0 Å². The smallest absolute Gasteiger partial charge is 0.358 e. The van der Waals surface area contributed by atoms with Crippen LogP contribution in [0, 0.1) is 10.1 Å². The third-order valence-corrected chi connectivity index (χ3v) is 2.96. The number of amidine groups is 1. The number of carbonyl (C=O) groups excluding carboxylic acids is 1. The molecule has 0 bridgehead atoms. The highest BCUT2D eigenvalue weighted by molar-refractivity contribution is 6.34. The number of aromatic nitrogens is 2. The number of pyridine rings is 2. The van der Waals surface area contributed by atoms with Crippen LogP contribution < -0.4 is 5.49 Å². The van der Waals surface area contributed by atoms with Crippen LogP contribution in [0.3, 0.4) is 0 Å². The fraction of sp³-hybridized carbons (Fsp3) is 0.0769. The van der Waals surface area contributed by atoms with Crippen molar-refractivity contribution in [3.8, 4) is 0 Å². The molecule has 0 saturated carbocycles. The van der Waals surface area contributed by atoms with Gasteiger partial charge < -0.3 is 19.9 Å². The van der Waals surface area contributed by atoms with Gasteiger partial charge in [-0.3, -0.25) is 4.79 Å². The molecule has 118 valence electrons. The van der Waals surface area contributed by atoms with E-state index in [-0.39, 0.29) is 5.49 Å². The molecular formula is C13H10ClN5O4. The summed E-state index contributed by atoms with van der Waals surface area (Å²) in [5, 5.41) is 21.8. The molecule has 0 radical (unpaired) electrons. The molecule has 23 heavy (non-hydrogen) atoms. The Kier molecular flexibility index (Phi) is 5.15. The summed E-state index contributed by atoms with van der Waals surface area (Å²) in [6, 6.07) is 8.19. The minimum absolute atomic E-state index is 0.162. The highest BCUT2D eigenvalue weighted by Crippen LogP contribution is 2.06. The molecule has 1 N–H and O–H groups in total. The molecule has 0 spiro atoms. The molecular weight excluding hydrogens is 326 g/mol. The molecule has 0 aliphatic rings. The van der Waals surface area contributed by atoms with Gasteiger partial charge in [-0.25, -0.2) is 4.98 Å². The van der Waals surface area contributed by atoms with Crippen LogP contribution in [0.1, 0.15) is 5.56 Å². The van der Waals surface area contributed by atoms with E-state index in [4.69, 9.17) is 16.8 Å². The first kappa shape index (κ1) is 16.3. The summed E-state index contributed by atoms with van der Waals surface area (Å²) in [7, 11) is 0. The van der Waals surface area contributed by atoms with Gasteiger partial charge >= 0.3 is 11.7 Å². The molecule has 0 aliphatic carbocycles. The fourth-order valence-electron chi connectivity index (χ4n) is 1.71. The van der Waals surface area contributed by atoms with Gasteiger partial charge in [0.25, 0.3) is 0 Å². The van der Waals surface area contributed by atoms with Gasteiger partial charge in [0.1, 0.15) is 10.6 Å². The summed E-state index contributed by atoms with van der Waals surface area (Å²) in [5.74, 6) is -2.51. The fourth-order valence-corrected chi connectivity index (χ4v) is 1.82. The standard InChI is InChI=1S/C13H10ClN5O4/c14-10-5-4-9(7-15-10)8-18-6-2-1-3-11(18)16-13(20)12(17-21)19(22)23/h1-7,21H,8H2. The number of nitrogens with zero attached hydrogens (tertiary/aromatic N) is 5. The first-order valence-electron chi connectivity index (χ1n) is 6.22. The van der Waals surface area contributed by atoms with Crippen molar-refractivity contribution < 1.29 is 14.9 Å². The number of rotatable bonds is 2. The topological polar surface area (TPSA) is 123 Å². The third kappa shape index (κ3) is 4.20. The van der Waals surface area contributed by atoms with Crippen LogP contribution in [0.4, 0.5) is 0 Å². The lowest BCUT2D eigenvalue weighted by Crippen LogP contribution is -2.27. The Bertz CT molecular complexity index is 829. The maximum absolute atomic E-state index is 11.7. The minimum atomic E-state index is -1.26. The lowest BCUT2D eigenvalue weighted by atomic mass is 10.3. The van der Waals surface area contributed by atoms with Gasteiger partial charge in [0.15, 0.2) is 5.16 Å². The summed E-state index contributed by atoms with van der Waals surface area (Å²) in [4.78, 5) is 28.7. The second kappa shape index (κ2) is 7.27. The number of halogens is 1. The molecule has 0 aromatic carbocycles. The van der Waals surface area contributed by atoms with E-state index in [0.29, 0.717) is 11.7 Å². The van der Waals surface area contributed by atoms with Gasteiger partial charge in [0, 0.05) is 12.4 Å². The average Bonchev–Trinajstić information content (AvgIpc) is 2.51. The lowest BCUT2D eigenvalue weighted by Gasteiger charge is -2.06. The van der Waals surface area contributed by atoms with Gasteiger partial charge in [-0.2, -0.15) is 4.99 Å². The van der Waals surface area contributed by atoms with E-state index < -0.39 is 16.7 Å². The molecule has 0 aliphatic heterocycles. The zero-order valence-corrected chi connectivity index (χ0v) is 12.3. The normalized spacial score (nSPS) is 12.2. The van der Waals surface area contributed by atoms with Crippen LogP contribution in [-0.2, 0) is 11.3 Å². The number of carbonyl (C=O) groups is 1. The molecule has 9 nitrogen and oxygen atoms in total. The molecule has 2 aromatic rings. The van der Waals surface area contributed by atoms with Crippen LogP contribution in [0.25, 0.3) is 0 Å². The van der Waals surface area contributed by atoms with Crippen LogP contribution in [-0.4, -0.2) is 31.4 Å². The number of amides is 1. The van der Waals surface area contributed by atoms with E-state index in [0.717, 1.165) is 5.56 Å². The molecule has 2 aromatic heterocycles. The van der Waals surface area contributed by atoms with Crippen molar-refractivity contribution in [3.05, 3.63) is 69.0 Å². The minimum Gasteiger partial charge on any atom is -0.358 e. The Hall–Kier alpha value is -3.07. The molecule has 0 unspecified atom stereocenters. The molecule has 1 amide bonds. The Morgan fingerprint density at radius 2 is 2.17 bits per heavy atom. The maximum Gasteiger partial charge on any atom is 0.476 e. The van der Waals surface area contributed by atoms with E-state index in [1.54, 1.807) is 41.2 Å². The summed E-state index contributed by atoms with van der Waals surface area (Å²) in [5.41, 5.74) is 0.954. The second-order valence-electron chi connectivity index (χ2n) is 4.27. The Morgan fingerprint density at radius 1 is 1.39 bits per heavy atom. The highest BCUT2D eigenvalue weighted by atomic mass is 35.5. The second-order valence-corrected chi connectivity index (χ2v) is 4.66. The monoisotopic (exact) mass is 335 g/mol. The van der Waals surface area contributed by atoms with E-state index in [2.05, 4.69) is 15.1 Å². The first-order chi connectivity index (χ1) is 11.0.